The molecule has 24 heavy (non-hydrogen) atoms. The first-order chi connectivity index (χ1) is 11.7. The van der Waals surface area contributed by atoms with Gasteiger partial charge in [-0.3, -0.25) is 4.79 Å². The summed E-state index contributed by atoms with van der Waals surface area (Å²) >= 11 is 6.05. The lowest BCUT2D eigenvalue weighted by atomic mass is 10.2. The maximum atomic E-state index is 11.9. The van der Waals surface area contributed by atoms with Gasteiger partial charge in [-0.25, -0.2) is 0 Å². The minimum Gasteiger partial charge on any atom is -0.386 e. The molecule has 0 heterocycles. The lowest BCUT2D eigenvalue weighted by Gasteiger charge is -2.07. The second-order valence-corrected chi connectivity index (χ2v) is 5.62. The molecule has 0 fully saturated rings. The molecule has 6 heteroatoms. The number of nitriles is 1. The maximum absolute atomic E-state index is 11.9. The summed E-state index contributed by atoms with van der Waals surface area (Å²) < 4.78 is 5.41. The third kappa shape index (κ3) is 8.00. The molecular formula is C18H24ClN3O2. The van der Waals surface area contributed by atoms with Gasteiger partial charge in [-0.1, -0.05) is 43.1 Å². The predicted molar refractivity (Wildman–Crippen MR) is 95.3 cm³/mol. The standard InChI is InChI=1S/C18H24ClN3O2/c1-2-3-10-24-11-6-9-22-18(23)16(12-20)14-21-13-15-7-4-5-8-17(15)19/h4-5,7-8,14,21H,2-3,6,9-11,13H2,1H3,(H,22,23)/b16-14-. The zero-order chi connectivity index (χ0) is 17.6. The number of nitrogens with one attached hydrogen (secondary N) is 2. The molecule has 0 aliphatic heterocycles. The van der Waals surface area contributed by atoms with Gasteiger partial charge in [0.15, 0.2) is 0 Å². The highest BCUT2D eigenvalue weighted by Gasteiger charge is 2.07. The molecule has 0 aliphatic carbocycles. The maximum Gasteiger partial charge on any atom is 0.263 e. The average molecular weight is 350 g/mol. The van der Waals surface area contributed by atoms with Gasteiger partial charge in [0.05, 0.1) is 0 Å². The largest absolute Gasteiger partial charge is 0.386 e. The number of nitrogens with zero attached hydrogens (tertiary/aromatic N) is 1. The van der Waals surface area contributed by atoms with E-state index in [-0.39, 0.29) is 5.57 Å². The van der Waals surface area contributed by atoms with E-state index in [1.807, 2.05) is 24.3 Å². The molecule has 0 spiro atoms. The van der Waals surface area contributed by atoms with Gasteiger partial charge in [-0.05, 0) is 24.5 Å². The molecule has 0 bridgehead atoms. The smallest absolute Gasteiger partial charge is 0.263 e. The van der Waals surface area contributed by atoms with Crippen LogP contribution in [0.3, 0.4) is 0 Å². The van der Waals surface area contributed by atoms with Crippen molar-refractivity contribution < 1.29 is 9.53 Å². The molecule has 1 aromatic carbocycles. The first-order valence-corrected chi connectivity index (χ1v) is 8.49. The molecule has 5 nitrogen and oxygen atoms in total. The van der Waals surface area contributed by atoms with Crippen LogP contribution in [-0.4, -0.2) is 25.7 Å². The number of halogens is 1. The number of hydrogen-bond acceptors (Lipinski definition) is 4. The van der Waals surface area contributed by atoms with Crippen LogP contribution in [0.1, 0.15) is 31.7 Å². The van der Waals surface area contributed by atoms with Gasteiger partial charge in [0, 0.05) is 37.5 Å². The van der Waals surface area contributed by atoms with E-state index in [0.29, 0.717) is 24.7 Å². The topological polar surface area (TPSA) is 74.1 Å². The summed E-state index contributed by atoms with van der Waals surface area (Å²) in [4.78, 5) is 11.9. The quantitative estimate of drug-likeness (QED) is 0.365. The van der Waals surface area contributed by atoms with Gasteiger partial charge in [-0.2, -0.15) is 5.26 Å². The van der Waals surface area contributed by atoms with Gasteiger partial charge >= 0.3 is 0 Å². The molecule has 0 aliphatic rings. The van der Waals surface area contributed by atoms with Gasteiger partial charge in [0.25, 0.3) is 5.91 Å². The molecule has 1 amide bonds. The van der Waals surface area contributed by atoms with Crippen LogP contribution in [0, 0.1) is 11.3 Å². The van der Waals surface area contributed by atoms with E-state index in [4.69, 9.17) is 21.6 Å². The molecule has 0 atom stereocenters. The Labute approximate surface area is 148 Å². The van der Waals surface area contributed by atoms with Crippen LogP contribution in [0.25, 0.3) is 0 Å². The summed E-state index contributed by atoms with van der Waals surface area (Å²) in [6, 6.07) is 9.30. The van der Waals surface area contributed by atoms with Crippen LogP contribution in [0.2, 0.25) is 5.02 Å². The summed E-state index contributed by atoms with van der Waals surface area (Å²) in [6.07, 6.45) is 4.29. The van der Waals surface area contributed by atoms with Crippen LogP contribution in [-0.2, 0) is 16.1 Å². The average Bonchev–Trinajstić information content (AvgIpc) is 2.59. The molecular weight excluding hydrogens is 326 g/mol. The van der Waals surface area contributed by atoms with Gasteiger partial charge in [0.2, 0.25) is 0 Å². The van der Waals surface area contributed by atoms with E-state index in [1.54, 1.807) is 6.07 Å². The minimum absolute atomic E-state index is 0.0361. The van der Waals surface area contributed by atoms with E-state index >= 15 is 0 Å². The zero-order valence-electron chi connectivity index (χ0n) is 14.0. The Morgan fingerprint density at radius 3 is 2.79 bits per heavy atom. The Balaban J connectivity index is 2.30. The summed E-state index contributed by atoms with van der Waals surface area (Å²) in [6.45, 7) is 4.40. The van der Waals surface area contributed by atoms with Crippen molar-refractivity contribution in [3.05, 3.63) is 46.6 Å². The van der Waals surface area contributed by atoms with Crippen molar-refractivity contribution in [2.45, 2.75) is 32.7 Å². The molecule has 130 valence electrons. The number of amides is 1. The van der Waals surface area contributed by atoms with Gasteiger partial charge < -0.3 is 15.4 Å². The van der Waals surface area contributed by atoms with Crippen LogP contribution in [0.15, 0.2) is 36.0 Å². The van der Waals surface area contributed by atoms with Crippen LogP contribution >= 0.6 is 11.6 Å². The third-order valence-corrected chi connectivity index (χ3v) is 3.62. The van der Waals surface area contributed by atoms with Crippen LogP contribution in [0.4, 0.5) is 0 Å². The van der Waals surface area contributed by atoms with E-state index in [9.17, 15) is 4.79 Å². The van der Waals surface area contributed by atoms with E-state index in [1.165, 1.54) is 6.20 Å². The normalized spacial score (nSPS) is 11.0. The van der Waals surface area contributed by atoms with E-state index < -0.39 is 5.91 Å². The molecule has 2 N–H and O–H groups in total. The molecule has 0 saturated heterocycles. The fraction of sp³-hybridized carbons (Fsp3) is 0.444. The summed E-state index contributed by atoms with van der Waals surface area (Å²) in [5.74, 6) is -0.391. The SMILES string of the molecule is CCCCOCCCNC(=O)/C(C#N)=C\NCc1ccccc1Cl. The van der Waals surface area contributed by atoms with Crippen molar-refractivity contribution >= 4 is 17.5 Å². The first-order valence-electron chi connectivity index (χ1n) is 8.12. The third-order valence-electron chi connectivity index (χ3n) is 3.26. The first kappa shape index (κ1) is 20.0. The van der Waals surface area contributed by atoms with Crippen LogP contribution < -0.4 is 10.6 Å². The summed E-state index contributed by atoms with van der Waals surface area (Å²) in [5.41, 5.74) is 0.936. The van der Waals surface area contributed by atoms with Crippen molar-refractivity contribution in [1.82, 2.24) is 10.6 Å². The Morgan fingerprint density at radius 2 is 2.08 bits per heavy atom. The molecule has 0 unspecified atom stereocenters. The highest BCUT2D eigenvalue weighted by Crippen LogP contribution is 2.14. The summed E-state index contributed by atoms with van der Waals surface area (Å²) in [5, 5.41) is 15.4. The second-order valence-electron chi connectivity index (χ2n) is 5.22. The monoisotopic (exact) mass is 349 g/mol. The number of hydrogen-bond donors (Lipinski definition) is 2. The Bertz CT molecular complexity index is 582. The number of carbonyl (C=O) groups is 1. The molecule has 1 aromatic rings. The number of ether oxygens (including phenoxy) is 1. The molecule has 1 rings (SSSR count). The second kappa shape index (κ2) is 12.4. The number of rotatable bonds is 11. The fourth-order valence-corrected chi connectivity index (χ4v) is 2.08. The molecule has 0 aromatic heterocycles. The Hall–Kier alpha value is -2.03. The lowest BCUT2D eigenvalue weighted by Crippen LogP contribution is -2.27. The number of unbranched alkanes of at least 4 members (excludes halogenated alkanes) is 1. The van der Waals surface area contributed by atoms with Crippen LogP contribution in [0.5, 0.6) is 0 Å². The van der Waals surface area contributed by atoms with Gasteiger partial charge in [0.1, 0.15) is 11.6 Å². The zero-order valence-corrected chi connectivity index (χ0v) is 14.7. The van der Waals surface area contributed by atoms with E-state index in [0.717, 1.165) is 31.4 Å². The predicted octanol–water partition coefficient (Wildman–Crippen LogP) is 3.16. The van der Waals surface area contributed by atoms with Gasteiger partial charge in [-0.15, -0.1) is 0 Å². The fourth-order valence-electron chi connectivity index (χ4n) is 1.87. The van der Waals surface area contributed by atoms with E-state index in [2.05, 4.69) is 17.6 Å². The number of carbonyl (C=O) groups excluding carboxylic acids is 1. The Morgan fingerprint density at radius 1 is 1.33 bits per heavy atom. The minimum atomic E-state index is -0.391. The summed E-state index contributed by atoms with van der Waals surface area (Å²) in [7, 11) is 0. The van der Waals surface area contributed by atoms with Crippen molar-refractivity contribution in [3.63, 3.8) is 0 Å². The van der Waals surface area contributed by atoms with Crippen molar-refractivity contribution in [2.75, 3.05) is 19.8 Å². The highest BCUT2D eigenvalue weighted by atomic mass is 35.5. The van der Waals surface area contributed by atoms with Crippen molar-refractivity contribution in [2.24, 2.45) is 0 Å². The van der Waals surface area contributed by atoms with Crippen molar-refractivity contribution in [1.29, 1.82) is 5.26 Å². The lowest BCUT2D eigenvalue weighted by molar-refractivity contribution is -0.117. The molecule has 0 saturated carbocycles. The molecule has 0 radical (unpaired) electrons. The highest BCUT2D eigenvalue weighted by molar-refractivity contribution is 6.31. The Kier molecular flexibility index (Phi) is 10.3. The number of benzene rings is 1. The van der Waals surface area contributed by atoms with Crippen molar-refractivity contribution in [3.8, 4) is 6.07 Å².